The van der Waals surface area contributed by atoms with Crippen LogP contribution in [0.4, 0.5) is 5.69 Å². The minimum absolute atomic E-state index is 0. The van der Waals surface area contributed by atoms with Crippen LogP contribution in [0.1, 0.15) is 27.2 Å². The number of nitrogens with one attached hydrogen (secondary N) is 1. The lowest BCUT2D eigenvalue weighted by Crippen LogP contribution is -2.35. The van der Waals surface area contributed by atoms with Crippen LogP contribution in [-0.4, -0.2) is 33.9 Å². The molecule has 4 aromatic carbocycles. The van der Waals surface area contributed by atoms with Gasteiger partial charge in [-0.3, -0.25) is 9.59 Å². The number of aromatic nitrogens is 2. The molecule has 45 heavy (non-hydrogen) atoms. The molecule has 9 heteroatoms. The molecular weight excluding hydrogens is 607 g/mol. The summed E-state index contributed by atoms with van der Waals surface area (Å²) in [4.78, 5) is 39.3. The standard InChI is InChI=1S/C36H30N4O3.2ClH/c1-24-33(41)30-13-8-14-31(35(30)43-34(24)26-11-6-3-7-12-26)36(42)40-18-17-39(22-29-20-37-23-38-29)32-16-15-27(19-28(32)21-40)25-9-4-2-5-10-25;;/h2-16,19-20,23H,17-18,21-22H2,1H3,(H,37,38);2*1H. The molecule has 0 aliphatic carbocycles. The fraction of sp³-hybridized carbons (Fsp3) is 0.139. The summed E-state index contributed by atoms with van der Waals surface area (Å²) in [5, 5.41) is 0.408. The Bertz CT molecular complexity index is 2000. The van der Waals surface area contributed by atoms with Crippen molar-refractivity contribution in [2.75, 3.05) is 18.0 Å². The number of para-hydroxylation sites is 1. The Labute approximate surface area is 273 Å². The lowest BCUT2D eigenvalue weighted by Gasteiger charge is -2.24. The van der Waals surface area contributed by atoms with Gasteiger partial charge in [0.2, 0.25) is 0 Å². The number of carbonyl (C=O) groups excluding carboxylic acids is 1. The van der Waals surface area contributed by atoms with Gasteiger partial charge in [-0.1, -0.05) is 72.8 Å². The van der Waals surface area contributed by atoms with Crippen LogP contribution in [0.5, 0.6) is 0 Å². The number of H-pyrrole nitrogens is 1. The van der Waals surface area contributed by atoms with Crippen molar-refractivity contribution in [1.82, 2.24) is 14.9 Å². The molecule has 3 heterocycles. The summed E-state index contributed by atoms with van der Waals surface area (Å²) in [6, 6.07) is 31.5. The number of halogens is 2. The molecule has 2 aromatic heterocycles. The maximum Gasteiger partial charge on any atom is 0.258 e. The first-order valence-electron chi connectivity index (χ1n) is 14.4. The molecule has 0 unspecified atom stereocenters. The van der Waals surface area contributed by atoms with Gasteiger partial charge in [-0.25, -0.2) is 4.98 Å². The Hall–Kier alpha value is -4.85. The molecule has 0 bridgehead atoms. The fourth-order valence-electron chi connectivity index (χ4n) is 5.90. The Kier molecular flexibility index (Phi) is 9.42. The molecular formula is C36H32Cl2N4O3. The summed E-state index contributed by atoms with van der Waals surface area (Å²) >= 11 is 0. The number of nitrogens with zero attached hydrogens (tertiary/aromatic N) is 3. The summed E-state index contributed by atoms with van der Waals surface area (Å²) in [5.74, 6) is 0.314. The summed E-state index contributed by atoms with van der Waals surface area (Å²) in [5.41, 5.74) is 7.23. The Balaban J connectivity index is 0.00000200. The molecule has 0 radical (unpaired) electrons. The fourth-order valence-corrected chi connectivity index (χ4v) is 5.90. The monoisotopic (exact) mass is 638 g/mol. The van der Waals surface area contributed by atoms with E-state index in [9.17, 15) is 9.59 Å². The van der Waals surface area contributed by atoms with Gasteiger partial charge >= 0.3 is 0 Å². The third kappa shape index (κ3) is 6.10. The molecule has 1 aliphatic rings. The van der Waals surface area contributed by atoms with Gasteiger partial charge in [0.25, 0.3) is 5.91 Å². The number of rotatable bonds is 5. The van der Waals surface area contributed by atoms with Crippen molar-refractivity contribution >= 4 is 47.4 Å². The van der Waals surface area contributed by atoms with E-state index in [-0.39, 0.29) is 36.2 Å². The van der Waals surface area contributed by atoms with E-state index in [1.54, 1.807) is 31.5 Å². The van der Waals surface area contributed by atoms with Gasteiger partial charge in [-0.2, -0.15) is 0 Å². The quantitative estimate of drug-likeness (QED) is 0.210. The summed E-state index contributed by atoms with van der Waals surface area (Å²) in [7, 11) is 0. The number of hydrogen-bond donors (Lipinski definition) is 1. The highest BCUT2D eigenvalue weighted by atomic mass is 35.5. The lowest BCUT2D eigenvalue weighted by atomic mass is 10.0. The van der Waals surface area contributed by atoms with Crippen molar-refractivity contribution in [1.29, 1.82) is 0 Å². The Morgan fingerprint density at radius 1 is 0.867 bits per heavy atom. The number of benzene rings is 4. The molecule has 6 aromatic rings. The molecule has 7 nitrogen and oxygen atoms in total. The number of anilines is 1. The van der Waals surface area contributed by atoms with Gasteiger partial charge in [0, 0.05) is 42.6 Å². The number of amides is 1. The topological polar surface area (TPSA) is 82.4 Å². The van der Waals surface area contributed by atoms with E-state index in [2.05, 4.69) is 45.2 Å². The van der Waals surface area contributed by atoms with Crippen molar-refractivity contribution in [3.63, 3.8) is 0 Å². The molecule has 0 fully saturated rings. The third-order valence-corrected chi connectivity index (χ3v) is 8.14. The summed E-state index contributed by atoms with van der Waals surface area (Å²) < 4.78 is 6.40. The first-order chi connectivity index (χ1) is 21.1. The minimum atomic E-state index is -0.170. The molecule has 228 valence electrons. The van der Waals surface area contributed by atoms with E-state index in [0.717, 1.165) is 33.6 Å². The summed E-state index contributed by atoms with van der Waals surface area (Å²) in [6.07, 6.45) is 3.51. The maximum absolute atomic E-state index is 14.3. The number of carbonyl (C=O) groups is 1. The number of fused-ring (bicyclic) bond motifs is 2. The van der Waals surface area contributed by atoms with Crippen LogP contribution in [0.25, 0.3) is 33.4 Å². The number of aromatic amines is 1. The van der Waals surface area contributed by atoms with Crippen LogP contribution in [0.2, 0.25) is 0 Å². The van der Waals surface area contributed by atoms with Gasteiger partial charge in [0.05, 0.1) is 29.5 Å². The van der Waals surface area contributed by atoms with Crippen molar-refractivity contribution < 1.29 is 9.21 Å². The van der Waals surface area contributed by atoms with Crippen molar-refractivity contribution in [2.24, 2.45) is 0 Å². The SMILES string of the molecule is Cc1c(-c2ccccc2)oc2c(C(=O)N3CCN(Cc4cnc[nH]4)c4ccc(-c5ccccc5)cc4C3)cccc2c1=O.Cl.Cl. The van der Waals surface area contributed by atoms with E-state index >= 15 is 0 Å². The van der Waals surface area contributed by atoms with E-state index in [0.29, 0.717) is 54.0 Å². The highest BCUT2D eigenvalue weighted by Gasteiger charge is 2.27. The van der Waals surface area contributed by atoms with Crippen LogP contribution in [-0.2, 0) is 13.1 Å². The molecule has 0 saturated heterocycles. The second kappa shape index (κ2) is 13.4. The second-order valence-electron chi connectivity index (χ2n) is 10.9. The van der Waals surface area contributed by atoms with Gasteiger partial charge < -0.3 is 19.2 Å². The third-order valence-electron chi connectivity index (χ3n) is 8.14. The highest BCUT2D eigenvalue weighted by Crippen LogP contribution is 2.33. The van der Waals surface area contributed by atoms with Crippen LogP contribution in [0, 0.1) is 6.92 Å². The average Bonchev–Trinajstić information content (AvgIpc) is 3.50. The Morgan fingerprint density at radius 3 is 2.31 bits per heavy atom. The molecule has 1 aliphatic heterocycles. The predicted molar refractivity (Wildman–Crippen MR) is 183 cm³/mol. The van der Waals surface area contributed by atoms with Crippen molar-refractivity contribution in [3.05, 3.63) is 142 Å². The zero-order valence-corrected chi connectivity index (χ0v) is 26.2. The normalized spacial score (nSPS) is 12.6. The largest absolute Gasteiger partial charge is 0.455 e. The van der Waals surface area contributed by atoms with Crippen molar-refractivity contribution in [2.45, 2.75) is 20.0 Å². The van der Waals surface area contributed by atoms with E-state index < -0.39 is 0 Å². The zero-order chi connectivity index (χ0) is 29.3. The molecule has 1 amide bonds. The molecule has 0 saturated carbocycles. The Morgan fingerprint density at radius 2 is 1.60 bits per heavy atom. The van der Waals surface area contributed by atoms with Crippen LogP contribution in [0.3, 0.4) is 0 Å². The number of imidazole rings is 1. The maximum atomic E-state index is 14.3. The molecule has 0 spiro atoms. The minimum Gasteiger partial charge on any atom is -0.455 e. The van der Waals surface area contributed by atoms with E-state index in [1.165, 1.54) is 0 Å². The van der Waals surface area contributed by atoms with Crippen LogP contribution >= 0.6 is 24.8 Å². The van der Waals surface area contributed by atoms with Crippen molar-refractivity contribution in [3.8, 4) is 22.5 Å². The predicted octanol–water partition coefficient (Wildman–Crippen LogP) is 7.66. The van der Waals surface area contributed by atoms with Gasteiger partial charge in [-0.05, 0) is 47.9 Å². The number of hydrogen-bond acceptors (Lipinski definition) is 5. The van der Waals surface area contributed by atoms with E-state index in [4.69, 9.17) is 4.42 Å². The first kappa shape index (κ1) is 31.6. The van der Waals surface area contributed by atoms with Crippen LogP contribution < -0.4 is 10.3 Å². The van der Waals surface area contributed by atoms with Gasteiger partial charge in [0.15, 0.2) is 11.0 Å². The smallest absolute Gasteiger partial charge is 0.258 e. The molecule has 0 atom stereocenters. The van der Waals surface area contributed by atoms with Gasteiger partial charge in [0.1, 0.15) is 5.76 Å². The lowest BCUT2D eigenvalue weighted by molar-refractivity contribution is 0.0752. The highest BCUT2D eigenvalue weighted by molar-refractivity contribution is 6.05. The molecule has 1 N–H and O–H groups in total. The van der Waals surface area contributed by atoms with E-state index in [1.807, 2.05) is 59.6 Å². The second-order valence-corrected chi connectivity index (χ2v) is 10.9. The first-order valence-corrected chi connectivity index (χ1v) is 14.4. The van der Waals surface area contributed by atoms with Gasteiger partial charge in [-0.15, -0.1) is 24.8 Å². The molecule has 7 rings (SSSR count). The summed E-state index contributed by atoms with van der Waals surface area (Å²) in [6.45, 7) is 3.97. The van der Waals surface area contributed by atoms with Crippen LogP contribution in [0.15, 0.2) is 119 Å². The average molecular weight is 640 g/mol. The zero-order valence-electron chi connectivity index (χ0n) is 24.6.